The van der Waals surface area contributed by atoms with E-state index >= 15 is 0 Å². The Morgan fingerprint density at radius 1 is 0.720 bits per heavy atom. The highest BCUT2D eigenvalue weighted by atomic mass is 16.8. The molecule has 2 rings (SSSR count). The lowest BCUT2D eigenvalue weighted by atomic mass is 10.0. The third-order valence-electron chi connectivity index (χ3n) is 3.56. The fraction of sp³-hybridized carbons (Fsp3) is 0.733. The molecule has 10 heteroatoms. The molecule has 2 bridgehead atoms. The fourth-order valence-corrected chi connectivity index (χ4v) is 2.79. The van der Waals surface area contributed by atoms with Gasteiger partial charge in [-0.05, 0) is 0 Å². The van der Waals surface area contributed by atoms with Gasteiger partial charge in [-0.1, -0.05) is 0 Å². The number of fused-ring (bicyclic) bond motifs is 2. The third-order valence-corrected chi connectivity index (χ3v) is 3.56. The lowest BCUT2D eigenvalue weighted by Gasteiger charge is -2.35. The Morgan fingerprint density at radius 2 is 1.24 bits per heavy atom. The molecule has 140 valence electrons. The van der Waals surface area contributed by atoms with Crippen LogP contribution in [0.2, 0.25) is 0 Å². The third kappa shape index (κ3) is 4.67. The van der Waals surface area contributed by atoms with Crippen LogP contribution in [-0.4, -0.2) is 67.3 Å². The van der Waals surface area contributed by atoms with Gasteiger partial charge in [-0.2, -0.15) is 0 Å². The van der Waals surface area contributed by atoms with Crippen molar-refractivity contribution in [3.63, 3.8) is 0 Å². The zero-order chi connectivity index (χ0) is 18.7. The first-order valence-corrected chi connectivity index (χ1v) is 7.65. The minimum atomic E-state index is -1.05. The smallest absolute Gasteiger partial charge is 0.303 e. The van der Waals surface area contributed by atoms with Crippen molar-refractivity contribution in [3.05, 3.63) is 0 Å². The summed E-state index contributed by atoms with van der Waals surface area (Å²) in [5, 5.41) is 0. The number of carbonyl (C=O) groups is 4. The zero-order valence-electron chi connectivity index (χ0n) is 14.3. The standard InChI is InChI=1S/C15H20O10/c1-6(16)20-5-10-11(21-7(2)17)12-13(22-8(3)18)14(23-9(4)19)15(24-10)25-12/h10-15H,5H2,1-4H3/t10-,11-,12+,13+,14-,15+/m1/s1. The number of esters is 4. The molecule has 0 unspecified atom stereocenters. The van der Waals surface area contributed by atoms with E-state index in [0.717, 1.165) is 0 Å². The molecule has 0 aromatic rings. The molecule has 2 heterocycles. The van der Waals surface area contributed by atoms with Gasteiger partial charge in [-0.15, -0.1) is 0 Å². The summed E-state index contributed by atoms with van der Waals surface area (Å²) < 4.78 is 31.7. The van der Waals surface area contributed by atoms with Gasteiger partial charge in [0.2, 0.25) is 0 Å². The van der Waals surface area contributed by atoms with E-state index < -0.39 is 60.7 Å². The Hall–Kier alpha value is -2.20. The molecule has 0 saturated carbocycles. The maximum Gasteiger partial charge on any atom is 0.303 e. The van der Waals surface area contributed by atoms with Crippen molar-refractivity contribution >= 4 is 23.9 Å². The molecular weight excluding hydrogens is 340 g/mol. The van der Waals surface area contributed by atoms with E-state index in [0.29, 0.717) is 0 Å². The summed E-state index contributed by atoms with van der Waals surface area (Å²) in [5.74, 6) is -2.42. The maximum absolute atomic E-state index is 11.4. The van der Waals surface area contributed by atoms with Crippen LogP contribution in [0.5, 0.6) is 0 Å². The van der Waals surface area contributed by atoms with E-state index in [1.54, 1.807) is 0 Å². The minimum absolute atomic E-state index is 0.205. The second kappa shape index (κ2) is 7.79. The molecule has 6 atom stereocenters. The summed E-state index contributed by atoms with van der Waals surface area (Å²) in [4.78, 5) is 45.2. The number of ether oxygens (including phenoxy) is 6. The van der Waals surface area contributed by atoms with Crippen LogP contribution >= 0.6 is 0 Å². The molecule has 0 aliphatic carbocycles. The Balaban J connectivity index is 2.27. The van der Waals surface area contributed by atoms with Crippen LogP contribution in [0.15, 0.2) is 0 Å². The van der Waals surface area contributed by atoms with Crippen molar-refractivity contribution in [2.45, 2.75) is 64.5 Å². The van der Waals surface area contributed by atoms with Crippen LogP contribution < -0.4 is 0 Å². The normalized spacial score (nSPS) is 33.3. The van der Waals surface area contributed by atoms with Crippen molar-refractivity contribution in [2.24, 2.45) is 0 Å². The molecule has 0 N–H and O–H groups in total. The van der Waals surface area contributed by atoms with Gasteiger partial charge in [0.05, 0.1) is 0 Å². The highest BCUT2D eigenvalue weighted by Gasteiger charge is 2.60. The van der Waals surface area contributed by atoms with Crippen LogP contribution in [0, 0.1) is 0 Å². The molecule has 0 spiro atoms. The SMILES string of the molecule is CC(=O)OC[C@H]1O[C@H]2O[C@H]([C@H](OC(C)=O)[C@H]2OC(C)=O)[C@@H]1OC(C)=O. The average molecular weight is 360 g/mol. The molecule has 10 nitrogen and oxygen atoms in total. The van der Waals surface area contributed by atoms with Gasteiger partial charge in [-0.3, -0.25) is 19.2 Å². The lowest BCUT2D eigenvalue weighted by Crippen LogP contribution is -2.52. The number of hydrogen-bond donors (Lipinski definition) is 0. The van der Waals surface area contributed by atoms with E-state index in [1.807, 2.05) is 0 Å². The zero-order valence-corrected chi connectivity index (χ0v) is 14.3. The van der Waals surface area contributed by atoms with Crippen LogP contribution in [0.4, 0.5) is 0 Å². The number of hydrogen-bond acceptors (Lipinski definition) is 10. The van der Waals surface area contributed by atoms with E-state index in [4.69, 9.17) is 28.4 Å². The minimum Gasteiger partial charge on any atom is -0.463 e. The number of carbonyl (C=O) groups excluding carboxylic acids is 4. The fourth-order valence-electron chi connectivity index (χ4n) is 2.79. The molecule has 2 aliphatic heterocycles. The van der Waals surface area contributed by atoms with Gasteiger partial charge in [0.15, 0.2) is 24.6 Å². The predicted molar refractivity (Wildman–Crippen MR) is 76.8 cm³/mol. The first kappa shape index (κ1) is 19.1. The van der Waals surface area contributed by atoms with E-state index in [2.05, 4.69) is 0 Å². The first-order valence-electron chi connectivity index (χ1n) is 7.65. The molecule has 0 aromatic carbocycles. The lowest BCUT2D eigenvalue weighted by molar-refractivity contribution is -0.278. The van der Waals surface area contributed by atoms with Crippen molar-refractivity contribution in [1.29, 1.82) is 0 Å². The quantitative estimate of drug-likeness (QED) is 0.467. The van der Waals surface area contributed by atoms with Gasteiger partial charge < -0.3 is 28.4 Å². The van der Waals surface area contributed by atoms with Crippen LogP contribution in [0.25, 0.3) is 0 Å². The highest BCUT2D eigenvalue weighted by Crippen LogP contribution is 2.37. The molecule has 0 aromatic heterocycles. The van der Waals surface area contributed by atoms with E-state index in [-0.39, 0.29) is 6.61 Å². The molecule has 25 heavy (non-hydrogen) atoms. The Labute approximate surface area is 143 Å². The van der Waals surface area contributed by atoms with Crippen molar-refractivity contribution in [3.8, 4) is 0 Å². The summed E-state index contributed by atoms with van der Waals surface area (Å²) in [6, 6.07) is 0. The van der Waals surface area contributed by atoms with Crippen LogP contribution in [-0.2, 0) is 47.6 Å². The number of rotatable bonds is 5. The molecule has 2 fully saturated rings. The Bertz CT molecular complexity index is 559. The van der Waals surface area contributed by atoms with Gasteiger partial charge in [-0.25, -0.2) is 0 Å². The van der Waals surface area contributed by atoms with Crippen molar-refractivity contribution in [2.75, 3.05) is 6.61 Å². The largest absolute Gasteiger partial charge is 0.463 e. The Morgan fingerprint density at radius 3 is 1.76 bits per heavy atom. The van der Waals surface area contributed by atoms with Gasteiger partial charge in [0, 0.05) is 27.7 Å². The summed E-state index contributed by atoms with van der Waals surface area (Å²) >= 11 is 0. The molecule has 2 saturated heterocycles. The average Bonchev–Trinajstić information content (AvgIpc) is 2.73. The first-order chi connectivity index (χ1) is 11.7. The summed E-state index contributed by atoms with van der Waals surface area (Å²) in [6.07, 6.45) is -5.93. The summed E-state index contributed by atoms with van der Waals surface area (Å²) in [7, 11) is 0. The van der Waals surface area contributed by atoms with Gasteiger partial charge in [0.1, 0.15) is 18.8 Å². The molecule has 0 amide bonds. The summed E-state index contributed by atoms with van der Waals surface area (Å²) in [6.45, 7) is 4.58. The molecular formula is C15H20O10. The van der Waals surface area contributed by atoms with Gasteiger partial charge >= 0.3 is 23.9 Å². The van der Waals surface area contributed by atoms with E-state index in [1.165, 1.54) is 27.7 Å². The predicted octanol–water partition coefficient (Wildman–Crippen LogP) is -0.532. The maximum atomic E-state index is 11.4. The van der Waals surface area contributed by atoms with Crippen LogP contribution in [0.1, 0.15) is 27.7 Å². The second-order valence-electron chi connectivity index (χ2n) is 5.67. The second-order valence-corrected chi connectivity index (χ2v) is 5.67. The topological polar surface area (TPSA) is 124 Å². The Kier molecular flexibility index (Phi) is 5.96. The van der Waals surface area contributed by atoms with Gasteiger partial charge in [0.25, 0.3) is 0 Å². The van der Waals surface area contributed by atoms with E-state index in [9.17, 15) is 19.2 Å². The molecule has 2 aliphatic rings. The van der Waals surface area contributed by atoms with Crippen molar-refractivity contribution in [1.82, 2.24) is 0 Å². The van der Waals surface area contributed by atoms with Crippen molar-refractivity contribution < 1.29 is 47.6 Å². The monoisotopic (exact) mass is 360 g/mol. The highest BCUT2D eigenvalue weighted by molar-refractivity contribution is 5.68. The summed E-state index contributed by atoms with van der Waals surface area (Å²) in [5.41, 5.74) is 0. The molecule has 0 radical (unpaired) electrons. The van der Waals surface area contributed by atoms with Crippen LogP contribution in [0.3, 0.4) is 0 Å².